The molecule has 11 heteroatoms. The Morgan fingerprint density at radius 1 is 1.10 bits per heavy atom. The first-order valence-electron chi connectivity index (χ1n) is 9.06. The lowest BCUT2D eigenvalue weighted by Gasteiger charge is -2.16. The fraction of sp³-hybridized carbons (Fsp3) is 0.200. The van der Waals surface area contributed by atoms with Gasteiger partial charge in [0.15, 0.2) is 27.9 Å². The Balaban J connectivity index is 1.40. The molecule has 9 nitrogen and oxygen atoms in total. The van der Waals surface area contributed by atoms with Gasteiger partial charge in [0.1, 0.15) is 17.3 Å². The number of sulfone groups is 1. The van der Waals surface area contributed by atoms with Crippen LogP contribution in [-0.2, 0) is 24.1 Å². The fourth-order valence-electron chi connectivity index (χ4n) is 3.16. The highest BCUT2D eigenvalue weighted by Crippen LogP contribution is 2.31. The van der Waals surface area contributed by atoms with Crippen molar-refractivity contribution in [2.45, 2.75) is 23.5 Å². The van der Waals surface area contributed by atoms with E-state index in [-0.39, 0.29) is 22.0 Å². The second-order valence-corrected chi connectivity index (χ2v) is 8.82. The summed E-state index contributed by atoms with van der Waals surface area (Å²) in [4.78, 5) is 23.2. The van der Waals surface area contributed by atoms with E-state index in [1.165, 1.54) is 54.6 Å². The highest BCUT2D eigenvalue weighted by Gasteiger charge is 2.42. The molecule has 2 aromatic rings. The molecule has 1 N–H and O–H groups in total. The number of carbonyl (C=O) groups is 2. The number of hydroxylamine groups is 2. The molecule has 0 radical (unpaired) electrons. The first-order valence-corrected chi connectivity index (χ1v) is 10.7. The van der Waals surface area contributed by atoms with Crippen LogP contribution in [0.1, 0.15) is 6.42 Å². The smallest absolute Gasteiger partial charge is 0.457 e. The van der Waals surface area contributed by atoms with Gasteiger partial charge in [-0.15, -0.1) is 0 Å². The molecule has 1 fully saturated rings. The number of halogens is 1. The van der Waals surface area contributed by atoms with Crippen molar-refractivity contribution in [2.75, 3.05) is 5.88 Å². The summed E-state index contributed by atoms with van der Waals surface area (Å²) in [5.41, 5.74) is 0.0863. The summed E-state index contributed by atoms with van der Waals surface area (Å²) in [6.45, 7) is 0. The van der Waals surface area contributed by atoms with E-state index >= 15 is 0 Å². The van der Waals surface area contributed by atoms with Crippen LogP contribution in [0.25, 0.3) is 0 Å². The number of hydrogen-bond donors (Lipinski definition) is 1. The van der Waals surface area contributed by atoms with E-state index in [4.69, 9.17) is 14.2 Å². The van der Waals surface area contributed by atoms with Crippen LogP contribution in [0.2, 0.25) is 0 Å². The van der Waals surface area contributed by atoms with Crippen LogP contribution in [0.15, 0.2) is 65.1 Å². The molecule has 0 aromatic heterocycles. The number of benzene rings is 2. The monoisotopic (exact) mass is 449 g/mol. The number of nitrogens with zero attached hydrogens (tertiary/aromatic N) is 1. The summed E-state index contributed by atoms with van der Waals surface area (Å²) in [5.74, 6) is -1.62. The van der Waals surface area contributed by atoms with Gasteiger partial charge >= 0.3 is 6.16 Å². The van der Waals surface area contributed by atoms with Crippen molar-refractivity contribution in [2.24, 2.45) is 0 Å². The van der Waals surface area contributed by atoms with Gasteiger partial charge in [0, 0.05) is 12.0 Å². The van der Waals surface area contributed by atoms with E-state index in [1.54, 1.807) is 0 Å². The van der Waals surface area contributed by atoms with Gasteiger partial charge in [-0.05, 0) is 54.6 Å². The lowest BCUT2D eigenvalue weighted by atomic mass is 10.2. The topological polar surface area (TPSA) is 119 Å². The van der Waals surface area contributed by atoms with Crippen molar-refractivity contribution in [3.8, 4) is 11.5 Å². The number of fused-ring (bicyclic) bond motifs is 1. The number of carbonyl (C=O) groups excluding carboxylic acids is 2. The lowest BCUT2D eigenvalue weighted by molar-refractivity contribution is -0.156. The van der Waals surface area contributed by atoms with Crippen LogP contribution in [0.4, 0.5) is 9.18 Å². The van der Waals surface area contributed by atoms with Gasteiger partial charge in [0.25, 0.3) is 5.91 Å². The largest absolute Gasteiger partial charge is 0.509 e. The summed E-state index contributed by atoms with van der Waals surface area (Å²) >= 11 is 0. The zero-order chi connectivity index (χ0) is 22.2. The van der Waals surface area contributed by atoms with Crippen LogP contribution in [0, 0.1) is 5.82 Å². The molecule has 2 aliphatic rings. The summed E-state index contributed by atoms with van der Waals surface area (Å²) in [5, 5.41) is 10.1. The van der Waals surface area contributed by atoms with Gasteiger partial charge in [0.2, 0.25) is 0 Å². The van der Waals surface area contributed by atoms with E-state index in [2.05, 4.69) is 0 Å². The molecule has 0 bridgehead atoms. The molecule has 2 unspecified atom stereocenters. The summed E-state index contributed by atoms with van der Waals surface area (Å²) in [7, 11) is -4.05. The predicted octanol–water partition coefficient (Wildman–Crippen LogP) is 2.80. The van der Waals surface area contributed by atoms with Gasteiger partial charge in [-0.2, -0.15) is 0 Å². The van der Waals surface area contributed by atoms with E-state index in [0.29, 0.717) is 11.5 Å². The average Bonchev–Trinajstić information content (AvgIpc) is 3.26. The molecule has 1 saturated heterocycles. The van der Waals surface area contributed by atoms with E-state index < -0.39 is 45.8 Å². The quantitative estimate of drug-likeness (QED) is 0.406. The zero-order valence-electron chi connectivity index (χ0n) is 15.8. The molecular formula is C20H16FNO8S. The maximum absolute atomic E-state index is 12.9. The van der Waals surface area contributed by atoms with Crippen LogP contribution in [-0.4, -0.2) is 48.8 Å². The van der Waals surface area contributed by atoms with Crippen LogP contribution < -0.4 is 4.74 Å². The lowest BCUT2D eigenvalue weighted by Crippen LogP contribution is -2.33. The van der Waals surface area contributed by atoms with Gasteiger partial charge in [0.05, 0.1) is 4.90 Å². The van der Waals surface area contributed by atoms with Crippen molar-refractivity contribution in [1.29, 1.82) is 0 Å². The fourth-order valence-corrected chi connectivity index (χ4v) is 4.30. The summed E-state index contributed by atoms with van der Waals surface area (Å²) in [6.07, 6.45) is -0.889. The number of rotatable bonds is 6. The molecule has 0 saturated carbocycles. The first-order chi connectivity index (χ1) is 14.7. The van der Waals surface area contributed by atoms with Crippen molar-refractivity contribution in [1.82, 2.24) is 5.06 Å². The summed E-state index contributed by atoms with van der Waals surface area (Å²) < 4.78 is 53.3. The van der Waals surface area contributed by atoms with Crippen molar-refractivity contribution >= 4 is 21.9 Å². The van der Waals surface area contributed by atoms with Crippen LogP contribution >= 0.6 is 0 Å². The Morgan fingerprint density at radius 3 is 2.32 bits per heavy atom. The van der Waals surface area contributed by atoms with Gasteiger partial charge < -0.3 is 14.2 Å². The molecule has 2 aromatic carbocycles. The van der Waals surface area contributed by atoms with Crippen molar-refractivity contribution in [3.05, 3.63) is 66.0 Å². The SMILES string of the molecule is O=C1OC2C=C(C(=O)N(O)CS(=O)(=O)c3ccc(Oc4ccc(F)cc4)cc3)CC2O1. The molecular weight excluding hydrogens is 433 g/mol. The maximum Gasteiger partial charge on any atom is 0.509 e. The predicted molar refractivity (Wildman–Crippen MR) is 101 cm³/mol. The Labute approximate surface area is 176 Å². The first kappa shape index (κ1) is 20.8. The third-order valence-electron chi connectivity index (χ3n) is 4.67. The molecule has 1 aliphatic heterocycles. The minimum atomic E-state index is -4.05. The Bertz CT molecular complexity index is 1140. The summed E-state index contributed by atoms with van der Waals surface area (Å²) in [6, 6.07) is 10.6. The van der Waals surface area contributed by atoms with Crippen LogP contribution in [0.3, 0.4) is 0 Å². The number of hydrogen-bond acceptors (Lipinski definition) is 8. The highest BCUT2D eigenvalue weighted by molar-refractivity contribution is 7.91. The molecule has 2 atom stereocenters. The molecule has 1 aliphatic carbocycles. The van der Waals surface area contributed by atoms with Crippen molar-refractivity contribution in [3.63, 3.8) is 0 Å². The molecule has 0 spiro atoms. The Morgan fingerprint density at radius 2 is 1.71 bits per heavy atom. The minimum absolute atomic E-state index is 0.0156. The maximum atomic E-state index is 12.9. The van der Waals surface area contributed by atoms with Gasteiger partial charge in [-0.25, -0.2) is 22.7 Å². The Hall–Kier alpha value is -3.44. The Kier molecular flexibility index (Phi) is 5.38. The van der Waals surface area contributed by atoms with Crippen LogP contribution in [0.5, 0.6) is 11.5 Å². The van der Waals surface area contributed by atoms with E-state index in [1.807, 2.05) is 0 Å². The van der Waals surface area contributed by atoms with E-state index in [9.17, 15) is 27.6 Å². The molecule has 162 valence electrons. The minimum Gasteiger partial charge on any atom is -0.457 e. The number of ether oxygens (including phenoxy) is 3. The van der Waals surface area contributed by atoms with Gasteiger partial charge in [-0.1, -0.05) is 0 Å². The average molecular weight is 449 g/mol. The molecule has 1 amide bonds. The number of amides is 1. The second kappa shape index (κ2) is 8.00. The normalized spacial score (nSPS) is 19.8. The highest BCUT2D eigenvalue weighted by atomic mass is 32.2. The molecule has 1 heterocycles. The third-order valence-corrected chi connectivity index (χ3v) is 6.24. The zero-order valence-corrected chi connectivity index (χ0v) is 16.6. The molecule has 4 rings (SSSR count). The molecule has 31 heavy (non-hydrogen) atoms. The van der Waals surface area contributed by atoms with E-state index in [0.717, 1.165) is 0 Å². The second-order valence-electron chi connectivity index (χ2n) is 6.86. The third kappa shape index (κ3) is 4.52. The van der Waals surface area contributed by atoms with Crippen molar-refractivity contribution < 1.29 is 41.8 Å². The standard InChI is InChI=1S/C20H16FNO8S/c21-13-1-3-14(4-2-13)28-15-5-7-16(8-6-15)31(26,27)11-22(25)19(23)12-9-17-18(10-12)30-20(24)29-17/h1-9,17-18,25H,10-11H2. The van der Waals surface area contributed by atoms with Gasteiger partial charge in [-0.3, -0.25) is 10.0 Å².